The Bertz CT molecular complexity index is 736. The molecule has 1 amide bonds. The third kappa shape index (κ3) is 2.85. The third-order valence-corrected chi connectivity index (χ3v) is 6.22. The van der Waals surface area contributed by atoms with E-state index >= 15 is 0 Å². The van der Waals surface area contributed by atoms with E-state index in [1.54, 1.807) is 18.2 Å². The molecule has 0 aromatic heterocycles. The molecule has 0 spiro atoms. The van der Waals surface area contributed by atoms with Crippen LogP contribution in [0.1, 0.15) is 35.3 Å². The minimum absolute atomic E-state index is 0.162. The summed E-state index contributed by atoms with van der Waals surface area (Å²) in [5, 5.41) is 9.04. The number of hydrogen-bond acceptors (Lipinski definition) is 4. The number of amides is 1. The lowest BCUT2D eigenvalue weighted by Crippen LogP contribution is -2.51. The Kier molecular flexibility index (Phi) is 4.04. The van der Waals surface area contributed by atoms with E-state index in [9.17, 15) is 18.0 Å². The smallest absolute Gasteiger partial charge is 0.335 e. The van der Waals surface area contributed by atoms with Crippen molar-refractivity contribution in [3.63, 3.8) is 0 Å². The number of rotatable bonds is 3. The minimum atomic E-state index is -3.54. The van der Waals surface area contributed by atoms with E-state index in [1.165, 1.54) is 18.7 Å². The molecule has 0 atom stereocenters. The second kappa shape index (κ2) is 5.39. The molecule has 6 nitrogen and oxygen atoms in total. The first-order valence-electron chi connectivity index (χ1n) is 6.88. The van der Waals surface area contributed by atoms with Crippen LogP contribution in [-0.4, -0.2) is 47.8 Å². The van der Waals surface area contributed by atoms with Crippen molar-refractivity contribution in [3.8, 4) is 0 Å². The summed E-state index contributed by atoms with van der Waals surface area (Å²) in [5.74, 6) is -1.48. The van der Waals surface area contributed by atoms with Crippen LogP contribution in [0.15, 0.2) is 18.2 Å². The van der Waals surface area contributed by atoms with Crippen LogP contribution in [0.3, 0.4) is 0 Å². The molecule has 1 heterocycles. The van der Waals surface area contributed by atoms with E-state index in [1.807, 2.05) is 0 Å². The number of sulfone groups is 1. The van der Waals surface area contributed by atoms with Crippen molar-refractivity contribution in [2.75, 3.05) is 12.8 Å². The highest BCUT2D eigenvalue weighted by Crippen LogP contribution is 2.25. The van der Waals surface area contributed by atoms with E-state index in [2.05, 4.69) is 0 Å². The number of nitrogens with zero attached hydrogens (tertiary/aromatic N) is 1. The highest BCUT2D eigenvalue weighted by atomic mass is 32.2. The number of hydrogen-bond donors (Lipinski definition) is 1. The normalized spacial score (nSPS) is 15.3. The highest BCUT2D eigenvalue weighted by molar-refractivity contribution is 7.92. The lowest BCUT2D eigenvalue weighted by atomic mass is 9.96. The van der Waals surface area contributed by atoms with Crippen LogP contribution in [0.5, 0.6) is 0 Å². The van der Waals surface area contributed by atoms with Crippen molar-refractivity contribution in [1.29, 1.82) is 0 Å². The van der Waals surface area contributed by atoms with Gasteiger partial charge in [0.05, 0.1) is 5.56 Å². The van der Waals surface area contributed by atoms with E-state index in [0.717, 1.165) is 17.4 Å². The van der Waals surface area contributed by atoms with E-state index < -0.39 is 26.5 Å². The van der Waals surface area contributed by atoms with Crippen molar-refractivity contribution in [2.45, 2.75) is 31.6 Å². The standard InChI is InChI=1S/C15H19NO5S/c1-15(2,22(3,20)21)14(19)16-7-6-10-4-5-11(13(17)18)8-12(10)9-16/h4-5,8H,6-7,9H2,1-3H3,(H,17,18). The first-order chi connectivity index (χ1) is 10.0. The second-order valence-corrected chi connectivity index (χ2v) is 8.61. The van der Waals surface area contributed by atoms with Gasteiger partial charge in [-0.3, -0.25) is 4.79 Å². The Morgan fingerprint density at radius 1 is 1.23 bits per heavy atom. The fourth-order valence-corrected chi connectivity index (χ4v) is 2.85. The topological polar surface area (TPSA) is 91.8 Å². The van der Waals surface area contributed by atoms with Crippen LogP contribution in [-0.2, 0) is 27.6 Å². The molecule has 2 rings (SSSR count). The van der Waals surface area contributed by atoms with E-state index in [4.69, 9.17) is 5.11 Å². The zero-order valence-electron chi connectivity index (χ0n) is 12.8. The summed E-state index contributed by atoms with van der Waals surface area (Å²) >= 11 is 0. The van der Waals surface area contributed by atoms with Gasteiger partial charge >= 0.3 is 5.97 Å². The molecule has 0 radical (unpaired) electrons. The predicted octanol–water partition coefficient (Wildman–Crippen LogP) is 1.09. The maximum atomic E-state index is 12.5. The SMILES string of the molecule is CC(C)(C(=O)N1CCc2ccc(C(=O)O)cc2C1)S(C)(=O)=O. The van der Waals surface area contributed by atoms with Crippen molar-refractivity contribution in [2.24, 2.45) is 0 Å². The summed E-state index contributed by atoms with van der Waals surface area (Å²) in [7, 11) is -3.54. The lowest BCUT2D eigenvalue weighted by Gasteiger charge is -2.34. The number of benzene rings is 1. The fraction of sp³-hybridized carbons (Fsp3) is 0.467. The van der Waals surface area contributed by atoms with Crippen molar-refractivity contribution in [1.82, 2.24) is 4.90 Å². The molecule has 1 aliphatic heterocycles. The first kappa shape index (κ1) is 16.5. The Hall–Kier alpha value is -1.89. The first-order valence-corrected chi connectivity index (χ1v) is 8.77. The van der Waals surface area contributed by atoms with Gasteiger partial charge in [-0.15, -0.1) is 0 Å². The van der Waals surface area contributed by atoms with Gasteiger partial charge in [0.2, 0.25) is 5.91 Å². The van der Waals surface area contributed by atoms with Crippen LogP contribution in [0.2, 0.25) is 0 Å². The summed E-state index contributed by atoms with van der Waals surface area (Å²) in [6.45, 7) is 3.45. The van der Waals surface area contributed by atoms with Crippen LogP contribution in [0.25, 0.3) is 0 Å². The number of carbonyl (C=O) groups excluding carboxylic acids is 1. The molecule has 1 N–H and O–H groups in total. The molecule has 0 unspecified atom stereocenters. The monoisotopic (exact) mass is 325 g/mol. The quantitative estimate of drug-likeness (QED) is 0.898. The lowest BCUT2D eigenvalue weighted by molar-refractivity contribution is -0.134. The Balaban J connectivity index is 2.30. The molecular weight excluding hydrogens is 306 g/mol. The van der Waals surface area contributed by atoms with Gasteiger partial charge in [0, 0.05) is 19.3 Å². The molecule has 1 aromatic carbocycles. The molecule has 120 valence electrons. The molecule has 1 aliphatic rings. The highest BCUT2D eigenvalue weighted by Gasteiger charge is 2.42. The summed E-state index contributed by atoms with van der Waals surface area (Å²) in [6.07, 6.45) is 1.63. The summed E-state index contributed by atoms with van der Waals surface area (Å²) in [4.78, 5) is 25.0. The maximum absolute atomic E-state index is 12.5. The second-order valence-electron chi connectivity index (χ2n) is 6.05. The van der Waals surface area contributed by atoms with E-state index in [0.29, 0.717) is 13.0 Å². The van der Waals surface area contributed by atoms with Gasteiger partial charge in [0.25, 0.3) is 0 Å². The van der Waals surface area contributed by atoms with Gasteiger partial charge in [0.1, 0.15) is 4.75 Å². The summed E-state index contributed by atoms with van der Waals surface area (Å²) in [5.41, 5.74) is 1.91. The van der Waals surface area contributed by atoms with Crippen molar-refractivity contribution >= 4 is 21.7 Å². The van der Waals surface area contributed by atoms with Crippen molar-refractivity contribution < 1.29 is 23.1 Å². The Morgan fingerprint density at radius 3 is 2.41 bits per heavy atom. The third-order valence-electron chi connectivity index (χ3n) is 4.19. The number of carboxylic acid groups (broad SMARTS) is 1. The number of carbonyl (C=O) groups is 2. The fourth-order valence-electron chi connectivity index (χ4n) is 2.40. The van der Waals surface area contributed by atoms with Gasteiger partial charge in [-0.25, -0.2) is 13.2 Å². The van der Waals surface area contributed by atoms with E-state index in [-0.39, 0.29) is 12.1 Å². The average Bonchev–Trinajstić information content (AvgIpc) is 2.43. The summed E-state index contributed by atoms with van der Waals surface area (Å²) in [6, 6.07) is 4.84. The molecule has 0 saturated heterocycles. The van der Waals surface area contributed by atoms with Crippen LogP contribution in [0.4, 0.5) is 0 Å². The van der Waals surface area contributed by atoms with Crippen molar-refractivity contribution in [3.05, 3.63) is 34.9 Å². The Morgan fingerprint density at radius 2 is 1.86 bits per heavy atom. The van der Waals surface area contributed by atoms with Gasteiger partial charge in [-0.05, 0) is 43.5 Å². The van der Waals surface area contributed by atoms with Gasteiger partial charge in [-0.2, -0.15) is 0 Å². The van der Waals surface area contributed by atoms with Crippen LogP contribution < -0.4 is 0 Å². The molecule has 22 heavy (non-hydrogen) atoms. The number of carboxylic acids is 1. The average molecular weight is 325 g/mol. The van der Waals surface area contributed by atoms with Gasteiger partial charge < -0.3 is 10.0 Å². The molecular formula is C15H19NO5S. The number of aromatic carboxylic acids is 1. The van der Waals surface area contributed by atoms with Gasteiger partial charge in [0.15, 0.2) is 9.84 Å². The molecule has 0 bridgehead atoms. The predicted molar refractivity (Wildman–Crippen MR) is 81.4 cm³/mol. The largest absolute Gasteiger partial charge is 0.478 e. The van der Waals surface area contributed by atoms with Crippen LogP contribution in [0, 0.1) is 0 Å². The zero-order valence-corrected chi connectivity index (χ0v) is 13.6. The number of fused-ring (bicyclic) bond motifs is 1. The molecule has 1 aromatic rings. The van der Waals surface area contributed by atoms with Crippen LogP contribution >= 0.6 is 0 Å². The minimum Gasteiger partial charge on any atom is -0.478 e. The molecule has 0 fully saturated rings. The zero-order chi connectivity index (χ0) is 16.7. The summed E-state index contributed by atoms with van der Waals surface area (Å²) < 4.78 is 22.1. The maximum Gasteiger partial charge on any atom is 0.335 e. The molecule has 7 heteroatoms. The van der Waals surface area contributed by atoms with Gasteiger partial charge in [-0.1, -0.05) is 6.07 Å². The Labute approximate surface area is 129 Å². The molecule has 0 aliphatic carbocycles. The molecule has 0 saturated carbocycles.